The molecule has 238 valence electrons. The number of esters is 1. The smallest absolute Gasteiger partial charge is 0.306 e. The lowest BCUT2D eigenvalue weighted by Crippen LogP contribution is -2.55. The second kappa shape index (κ2) is 14.5. The fourth-order valence-electron chi connectivity index (χ4n) is 7.02. The number of nitrogens with one attached hydrogen (secondary N) is 1. The standard InChI is InChI=1S/C34H45N3O7/c1-2-3-19-36-20-13-18-34-29(32(41)37(30(34)33(36)42)21-11-4-5-12-22-38)28-26(44-34)16-9-10-17-27(39)43-23-25(35-31(28)40)24-14-7-6-8-15-24/h6-9,13-16,18,25-26,28-30,38H,2-5,10-12,17,19-23H2,1H3,(H,35,40)/b16-9-/t25-,26+,28-,29-,30+,34-/m1/s1. The van der Waals surface area contributed by atoms with Crippen LogP contribution in [0.5, 0.6) is 0 Å². The number of ether oxygens (including phenoxy) is 2. The van der Waals surface area contributed by atoms with Gasteiger partial charge in [-0.2, -0.15) is 0 Å². The maximum absolute atomic E-state index is 14.4. The third kappa shape index (κ3) is 6.47. The van der Waals surface area contributed by atoms with Crippen LogP contribution >= 0.6 is 0 Å². The van der Waals surface area contributed by atoms with Crippen LogP contribution in [0.15, 0.2) is 54.6 Å². The number of rotatable bonds is 10. The largest absolute Gasteiger partial charge is 0.463 e. The molecule has 4 aliphatic heterocycles. The van der Waals surface area contributed by atoms with Crippen LogP contribution in [0.1, 0.15) is 69.9 Å². The van der Waals surface area contributed by atoms with Crippen LogP contribution in [0.3, 0.4) is 0 Å². The van der Waals surface area contributed by atoms with E-state index < -0.39 is 35.6 Å². The first-order valence-electron chi connectivity index (χ1n) is 16.1. The molecule has 0 radical (unpaired) electrons. The van der Waals surface area contributed by atoms with E-state index in [9.17, 15) is 24.3 Å². The molecule has 2 saturated heterocycles. The van der Waals surface area contributed by atoms with Gasteiger partial charge < -0.3 is 29.7 Å². The Hall–Kier alpha value is -3.50. The van der Waals surface area contributed by atoms with Gasteiger partial charge in [-0.15, -0.1) is 0 Å². The second-order valence-electron chi connectivity index (χ2n) is 12.2. The molecule has 10 nitrogen and oxygen atoms in total. The van der Waals surface area contributed by atoms with Crippen LogP contribution in [0, 0.1) is 11.8 Å². The number of amides is 3. The zero-order valence-corrected chi connectivity index (χ0v) is 25.6. The summed E-state index contributed by atoms with van der Waals surface area (Å²) in [6.45, 7) is 3.53. The fourth-order valence-corrected chi connectivity index (χ4v) is 7.02. The van der Waals surface area contributed by atoms with Crippen LogP contribution in [0.25, 0.3) is 0 Å². The van der Waals surface area contributed by atoms with E-state index in [0.29, 0.717) is 38.9 Å². The summed E-state index contributed by atoms with van der Waals surface area (Å²) in [5, 5.41) is 12.3. The van der Waals surface area contributed by atoms with Gasteiger partial charge in [0.15, 0.2) is 0 Å². The molecule has 4 heterocycles. The molecular formula is C34H45N3O7. The number of unbranched alkanes of at least 4 members (excludes halogenated alkanes) is 4. The minimum atomic E-state index is -1.30. The van der Waals surface area contributed by atoms with E-state index in [1.807, 2.05) is 42.5 Å². The Labute approximate surface area is 259 Å². The maximum atomic E-state index is 14.4. The number of aliphatic hydroxyl groups is 1. The van der Waals surface area contributed by atoms with Crippen LogP contribution in [0.2, 0.25) is 0 Å². The first-order chi connectivity index (χ1) is 21.4. The molecule has 2 N–H and O–H groups in total. The van der Waals surface area contributed by atoms with Crippen molar-refractivity contribution in [2.24, 2.45) is 11.8 Å². The molecule has 2 fully saturated rings. The van der Waals surface area contributed by atoms with Gasteiger partial charge >= 0.3 is 5.97 Å². The van der Waals surface area contributed by atoms with E-state index in [2.05, 4.69) is 12.2 Å². The van der Waals surface area contributed by atoms with Crippen molar-refractivity contribution < 1.29 is 33.8 Å². The van der Waals surface area contributed by atoms with Crippen molar-refractivity contribution in [3.05, 3.63) is 60.2 Å². The molecule has 10 heteroatoms. The van der Waals surface area contributed by atoms with E-state index in [4.69, 9.17) is 9.47 Å². The van der Waals surface area contributed by atoms with Gasteiger partial charge in [0, 0.05) is 32.7 Å². The molecule has 3 amide bonds. The molecule has 0 saturated carbocycles. The summed E-state index contributed by atoms with van der Waals surface area (Å²) in [6.07, 6.45) is 11.9. The highest BCUT2D eigenvalue weighted by Gasteiger charge is 2.71. The van der Waals surface area contributed by atoms with E-state index in [0.717, 1.165) is 31.2 Å². The SMILES string of the molecule is CCCCN1CC=C[C@@]23O[C@H]4/C=C\CCC(=O)OC[C@H](c5ccccc5)NC(=O)[C@H]4[C@@H]2C(=O)N(CCCCCCO)[C@H]3C1=O. The van der Waals surface area contributed by atoms with Crippen LogP contribution in [-0.2, 0) is 28.7 Å². The summed E-state index contributed by atoms with van der Waals surface area (Å²) in [5.41, 5.74) is -0.519. The van der Waals surface area contributed by atoms with Crippen molar-refractivity contribution in [2.75, 3.05) is 32.8 Å². The van der Waals surface area contributed by atoms with Crippen molar-refractivity contribution in [2.45, 2.75) is 82.1 Å². The number of fused-ring (bicyclic) bond motifs is 2. The van der Waals surface area contributed by atoms with Crippen molar-refractivity contribution in [3.8, 4) is 0 Å². The topological polar surface area (TPSA) is 125 Å². The first kappa shape index (κ1) is 31.9. The number of nitrogens with zero attached hydrogens (tertiary/aromatic N) is 2. The molecular weight excluding hydrogens is 562 g/mol. The number of benzene rings is 1. The van der Waals surface area contributed by atoms with E-state index in [1.54, 1.807) is 22.0 Å². The van der Waals surface area contributed by atoms with Gasteiger partial charge in [-0.3, -0.25) is 19.2 Å². The predicted molar refractivity (Wildman–Crippen MR) is 163 cm³/mol. The predicted octanol–water partition coefficient (Wildman–Crippen LogP) is 3.07. The number of hydrogen-bond acceptors (Lipinski definition) is 7. The fraction of sp³-hybridized carbons (Fsp3) is 0.588. The zero-order chi connectivity index (χ0) is 31.1. The van der Waals surface area contributed by atoms with Crippen LogP contribution in [0.4, 0.5) is 0 Å². The molecule has 0 unspecified atom stereocenters. The van der Waals surface area contributed by atoms with Gasteiger partial charge in [0.1, 0.15) is 18.2 Å². The van der Waals surface area contributed by atoms with Gasteiger partial charge in [-0.25, -0.2) is 0 Å². The highest BCUT2D eigenvalue weighted by Crippen LogP contribution is 2.53. The summed E-state index contributed by atoms with van der Waals surface area (Å²) in [7, 11) is 0. The quantitative estimate of drug-likeness (QED) is 0.238. The van der Waals surface area contributed by atoms with Crippen LogP contribution in [-0.4, -0.2) is 89.2 Å². The van der Waals surface area contributed by atoms with E-state index >= 15 is 0 Å². The molecule has 1 aromatic carbocycles. The minimum Gasteiger partial charge on any atom is -0.463 e. The van der Waals surface area contributed by atoms with Crippen LogP contribution < -0.4 is 5.32 Å². The third-order valence-electron chi connectivity index (χ3n) is 9.24. The number of likely N-dealkylation sites (tertiary alicyclic amines) is 1. The zero-order valence-electron chi connectivity index (χ0n) is 25.6. The average molecular weight is 608 g/mol. The number of allylic oxidation sites excluding steroid dienone is 1. The van der Waals surface area contributed by atoms with E-state index in [-0.39, 0.29) is 43.3 Å². The lowest BCUT2D eigenvalue weighted by atomic mass is 9.77. The Morgan fingerprint density at radius 1 is 0.977 bits per heavy atom. The number of hydrogen-bond donors (Lipinski definition) is 2. The molecule has 0 bridgehead atoms. The molecule has 0 aliphatic carbocycles. The molecule has 5 rings (SSSR count). The van der Waals surface area contributed by atoms with Crippen molar-refractivity contribution in [3.63, 3.8) is 0 Å². The lowest BCUT2D eigenvalue weighted by Gasteiger charge is -2.35. The Morgan fingerprint density at radius 3 is 2.55 bits per heavy atom. The van der Waals surface area contributed by atoms with Crippen molar-refractivity contribution in [1.82, 2.24) is 15.1 Å². The van der Waals surface area contributed by atoms with Gasteiger partial charge in [0.05, 0.1) is 24.0 Å². The Morgan fingerprint density at radius 2 is 1.77 bits per heavy atom. The highest BCUT2D eigenvalue weighted by molar-refractivity contribution is 5.99. The van der Waals surface area contributed by atoms with E-state index in [1.165, 1.54) is 0 Å². The number of cyclic esters (lactones) is 1. The molecule has 44 heavy (non-hydrogen) atoms. The highest BCUT2D eigenvalue weighted by atomic mass is 16.5. The Kier molecular flexibility index (Phi) is 10.5. The van der Waals surface area contributed by atoms with Gasteiger partial charge in [-0.1, -0.05) is 80.8 Å². The number of carbonyl (C=O) groups is 4. The normalized spacial score (nSPS) is 31.3. The molecule has 1 spiro atoms. The summed E-state index contributed by atoms with van der Waals surface area (Å²) in [4.78, 5) is 58.9. The lowest BCUT2D eigenvalue weighted by molar-refractivity contribution is -0.148. The number of aliphatic hydroxyl groups excluding tert-OH is 1. The maximum Gasteiger partial charge on any atom is 0.306 e. The molecule has 6 atom stereocenters. The van der Waals surface area contributed by atoms with Crippen molar-refractivity contribution >= 4 is 23.7 Å². The minimum absolute atomic E-state index is 0.0341. The average Bonchev–Trinajstić information content (AvgIpc) is 3.41. The summed E-state index contributed by atoms with van der Waals surface area (Å²) in [6, 6.07) is 7.81. The Bertz CT molecular complexity index is 1250. The van der Waals surface area contributed by atoms with Gasteiger partial charge in [0.25, 0.3) is 0 Å². The Balaban J connectivity index is 1.52. The summed E-state index contributed by atoms with van der Waals surface area (Å²) < 4.78 is 12.3. The molecule has 1 aromatic rings. The van der Waals surface area contributed by atoms with Crippen molar-refractivity contribution in [1.29, 1.82) is 0 Å². The van der Waals surface area contributed by atoms with Gasteiger partial charge in [-0.05, 0) is 31.2 Å². The second-order valence-corrected chi connectivity index (χ2v) is 12.2. The molecule has 4 aliphatic rings. The summed E-state index contributed by atoms with van der Waals surface area (Å²) >= 11 is 0. The molecule has 0 aromatic heterocycles. The monoisotopic (exact) mass is 607 g/mol. The summed E-state index contributed by atoms with van der Waals surface area (Å²) in [5.74, 6) is -2.93. The number of carbonyl (C=O) groups excluding carboxylic acids is 4. The van der Waals surface area contributed by atoms with Gasteiger partial charge in [0.2, 0.25) is 17.7 Å². The third-order valence-corrected chi connectivity index (χ3v) is 9.24. The first-order valence-corrected chi connectivity index (χ1v) is 16.1.